The number of hydrogen-bond acceptors (Lipinski definition) is 5. The van der Waals surface area contributed by atoms with Crippen LogP contribution in [-0.4, -0.2) is 9.97 Å². The van der Waals surface area contributed by atoms with E-state index in [1.807, 2.05) is 30.3 Å². The fourth-order valence-electron chi connectivity index (χ4n) is 2.06. The Kier molecular flexibility index (Phi) is 3.81. The maximum absolute atomic E-state index is 11.2. The summed E-state index contributed by atoms with van der Waals surface area (Å²) in [6, 6.07) is 14.3. The van der Waals surface area contributed by atoms with E-state index in [2.05, 4.69) is 10.5 Å². The molecular formula is C14H10ClN3O2S. The number of rotatable bonds is 3. The highest BCUT2D eigenvalue weighted by Crippen LogP contribution is 2.41. The average Bonchev–Trinajstić information content (AvgIpc) is 2.97. The number of hydrogen-bond donors (Lipinski definition) is 1. The minimum absolute atomic E-state index is 0.00277. The Morgan fingerprint density at radius 2 is 1.95 bits per heavy atom. The number of thioether (sulfide) groups is 1. The number of nitrogens with one attached hydrogen (secondary N) is 1. The van der Waals surface area contributed by atoms with Gasteiger partial charge in [-0.15, -0.1) is 0 Å². The van der Waals surface area contributed by atoms with Crippen molar-refractivity contribution in [2.75, 3.05) is 0 Å². The first-order valence-corrected chi connectivity index (χ1v) is 7.40. The summed E-state index contributed by atoms with van der Waals surface area (Å²) in [7, 11) is 0. The summed E-state index contributed by atoms with van der Waals surface area (Å²) < 4.78 is 0. The third kappa shape index (κ3) is 2.72. The van der Waals surface area contributed by atoms with Crippen LogP contribution in [0.4, 0.5) is 5.69 Å². The molecule has 0 aromatic heterocycles. The van der Waals surface area contributed by atoms with Crippen LogP contribution in [0.3, 0.4) is 0 Å². The number of nitrogens with zero attached hydrogens (tertiary/aromatic N) is 2. The zero-order valence-corrected chi connectivity index (χ0v) is 12.3. The highest BCUT2D eigenvalue weighted by molar-refractivity contribution is 8.14. The molecule has 7 heteroatoms. The normalized spacial score (nSPS) is 17.2. The fraction of sp³-hybridized carbons (Fsp3) is 0.0714. The third-order valence-electron chi connectivity index (χ3n) is 3.02. The average molecular weight is 320 g/mol. The molecule has 0 saturated heterocycles. The highest BCUT2D eigenvalue weighted by Gasteiger charge is 2.30. The van der Waals surface area contributed by atoms with Gasteiger partial charge in [-0.2, -0.15) is 5.10 Å². The standard InChI is InChI=1S/C14H10ClN3O2S/c15-10-7-4-8-11(18(19)20)12(10)14-17-16-13(21-14)9-5-2-1-3-6-9/h1-8,14,17H. The summed E-state index contributed by atoms with van der Waals surface area (Å²) in [5, 5.41) is 16.2. The second kappa shape index (κ2) is 5.75. The Balaban J connectivity index is 1.91. The Morgan fingerprint density at radius 1 is 1.19 bits per heavy atom. The van der Waals surface area contributed by atoms with Crippen LogP contribution in [-0.2, 0) is 0 Å². The summed E-state index contributed by atoms with van der Waals surface area (Å²) in [6.07, 6.45) is 0. The quantitative estimate of drug-likeness (QED) is 0.687. The maximum Gasteiger partial charge on any atom is 0.277 e. The number of halogens is 1. The molecular weight excluding hydrogens is 310 g/mol. The largest absolute Gasteiger partial charge is 0.291 e. The summed E-state index contributed by atoms with van der Waals surface area (Å²) in [6.45, 7) is 0. The van der Waals surface area contributed by atoms with E-state index in [-0.39, 0.29) is 11.1 Å². The van der Waals surface area contributed by atoms with Crippen molar-refractivity contribution in [1.82, 2.24) is 5.43 Å². The van der Waals surface area contributed by atoms with Gasteiger partial charge in [0.1, 0.15) is 10.4 Å². The van der Waals surface area contributed by atoms with Crippen molar-refractivity contribution in [1.29, 1.82) is 0 Å². The maximum atomic E-state index is 11.2. The third-order valence-corrected chi connectivity index (χ3v) is 4.48. The number of nitro groups is 1. The minimum Gasteiger partial charge on any atom is -0.291 e. The molecule has 5 nitrogen and oxygen atoms in total. The zero-order valence-electron chi connectivity index (χ0n) is 10.7. The lowest BCUT2D eigenvalue weighted by Gasteiger charge is -2.11. The SMILES string of the molecule is O=[N+]([O-])c1cccc(Cl)c1C1NN=C(c2ccccc2)S1. The molecule has 3 rings (SSSR count). The van der Waals surface area contributed by atoms with Gasteiger partial charge in [0.15, 0.2) is 0 Å². The smallest absolute Gasteiger partial charge is 0.277 e. The van der Waals surface area contributed by atoms with E-state index in [0.717, 1.165) is 10.6 Å². The molecule has 0 spiro atoms. The number of nitro benzene ring substituents is 1. The first kappa shape index (κ1) is 13.9. The molecule has 1 aliphatic heterocycles. The van der Waals surface area contributed by atoms with Gasteiger partial charge in [0, 0.05) is 11.6 Å². The van der Waals surface area contributed by atoms with Crippen LogP contribution in [0, 0.1) is 10.1 Å². The molecule has 1 atom stereocenters. The van der Waals surface area contributed by atoms with Gasteiger partial charge in [-0.1, -0.05) is 59.8 Å². The van der Waals surface area contributed by atoms with E-state index >= 15 is 0 Å². The molecule has 2 aromatic rings. The fourth-order valence-corrected chi connectivity index (χ4v) is 3.48. The lowest BCUT2D eigenvalue weighted by molar-refractivity contribution is -0.385. The van der Waals surface area contributed by atoms with Crippen molar-refractivity contribution >= 4 is 34.1 Å². The van der Waals surface area contributed by atoms with E-state index in [1.165, 1.54) is 17.8 Å². The molecule has 0 aliphatic carbocycles. The number of hydrazone groups is 1. The van der Waals surface area contributed by atoms with Crippen molar-refractivity contribution < 1.29 is 4.92 Å². The molecule has 0 radical (unpaired) electrons. The van der Waals surface area contributed by atoms with Crippen LogP contribution < -0.4 is 5.43 Å². The molecule has 1 N–H and O–H groups in total. The van der Waals surface area contributed by atoms with Crippen LogP contribution in [0.15, 0.2) is 53.6 Å². The van der Waals surface area contributed by atoms with E-state index in [0.29, 0.717) is 10.6 Å². The molecule has 2 aromatic carbocycles. The molecule has 106 valence electrons. The van der Waals surface area contributed by atoms with Crippen molar-refractivity contribution in [3.63, 3.8) is 0 Å². The van der Waals surface area contributed by atoms with Gasteiger partial charge in [-0.25, -0.2) is 0 Å². The molecule has 1 heterocycles. The van der Waals surface area contributed by atoms with Gasteiger partial charge in [0.2, 0.25) is 0 Å². The van der Waals surface area contributed by atoms with Gasteiger partial charge >= 0.3 is 0 Å². The Labute approximate surface area is 130 Å². The lowest BCUT2D eigenvalue weighted by Crippen LogP contribution is -2.10. The Morgan fingerprint density at radius 3 is 2.67 bits per heavy atom. The van der Waals surface area contributed by atoms with E-state index in [9.17, 15) is 10.1 Å². The van der Waals surface area contributed by atoms with Crippen molar-refractivity contribution in [2.24, 2.45) is 5.10 Å². The first-order chi connectivity index (χ1) is 10.2. The van der Waals surface area contributed by atoms with Crippen molar-refractivity contribution in [3.8, 4) is 0 Å². The summed E-state index contributed by atoms with van der Waals surface area (Å²) in [5.41, 5.74) is 4.33. The van der Waals surface area contributed by atoms with Crippen molar-refractivity contribution in [2.45, 2.75) is 5.37 Å². The van der Waals surface area contributed by atoms with Crippen LogP contribution >= 0.6 is 23.4 Å². The molecule has 0 bridgehead atoms. The summed E-state index contributed by atoms with van der Waals surface area (Å²) in [4.78, 5) is 10.7. The van der Waals surface area contributed by atoms with Gasteiger partial charge in [0.25, 0.3) is 5.69 Å². The topological polar surface area (TPSA) is 67.5 Å². The van der Waals surface area contributed by atoms with E-state index in [4.69, 9.17) is 11.6 Å². The molecule has 21 heavy (non-hydrogen) atoms. The van der Waals surface area contributed by atoms with Gasteiger partial charge in [-0.05, 0) is 6.07 Å². The van der Waals surface area contributed by atoms with Crippen molar-refractivity contribution in [3.05, 3.63) is 74.8 Å². The zero-order chi connectivity index (χ0) is 14.8. The van der Waals surface area contributed by atoms with Gasteiger partial charge in [0.05, 0.1) is 15.5 Å². The summed E-state index contributed by atoms with van der Waals surface area (Å²) in [5.74, 6) is 0. The molecule has 1 aliphatic rings. The van der Waals surface area contributed by atoms with E-state index in [1.54, 1.807) is 12.1 Å². The monoisotopic (exact) mass is 319 g/mol. The predicted molar refractivity (Wildman–Crippen MR) is 84.6 cm³/mol. The highest BCUT2D eigenvalue weighted by atomic mass is 35.5. The van der Waals surface area contributed by atoms with Crippen LogP contribution in [0.25, 0.3) is 0 Å². The van der Waals surface area contributed by atoms with Crippen LogP contribution in [0.1, 0.15) is 16.5 Å². The minimum atomic E-state index is -0.427. The number of benzene rings is 2. The van der Waals surface area contributed by atoms with Gasteiger partial charge < -0.3 is 0 Å². The second-order valence-electron chi connectivity index (χ2n) is 4.34. The molecule has 0 fully saturated rings. The van der Waals surface area contributed by atoms with Gasteiger partial charge in [-0.3, -0.25) is 15.5 Å². The molecule has 0 saturated carbocycles. The summed E-state index contributed by atoms with van der Waals surface area (Å²) >= 11 is 7.55. The molecule has 0 amide bonds. The Bertz CT molecular complexity index is 721. The molecule has 1 unspecified atom stereocenters. The van der Waals surface area contributed by atoms with Crippen LogP contribution in [0.5, 0.6) is 0 Å². The van der Waals surface area contributed by atoms with E-state index < -0.39 is 4.92 Å². The lowest BCUT2D eigenvalue weighted by atomic mass is 10.2. The Hall–Kier alpha value is -2.05. The predicted octanol–water partition coefficient (Wildman–Crippen LogP) is 3.95. The second-order valence-corrected chi connectivity index (χ2v) is 5.84. The first-order valence-electron chi connectivity index (χ1n) is 6.15. The van der Waals surface area contributed by atoms with Crippen LogP contribution in [0.2, 0.25) is 5.02 Å².